The summed E-state index contributed by atoms with van der Waals surface area (Å²) in [5, 5.41) is 8.54. The van der Waals surface area contributed by atoms with Crippen LogP contribution in [0.3, 0.4) is 0 Å². The lowest BCUT2D eigenvalue weighted by molar-refractivity contribution is -0.133. The largest absolute Gasteiger partial charge is 0.478 e. The molecule has 0 aromatic carbocycles. The first-order valence-electron chi connectivity index (χ1n) is 4.47. The van der Waals surface area contributed by atoms with E-state index in [1.807, 2.05) is 0 Å². The van der Waals surface area contributed by atoms with Gasteiger partial charge in [0.1, 0.15) is 0 Å². The third kappa shape index (κ3) is 4.03. The maximum absolute atomic E-state index is 11.3. The summed E-state index contributed by atoms with van der Waals surface area (Å²) in [5.41, 5.74) is 0.657. The van der Waals surface area contributed by atoms with Gasteiger partial charge >= 0.3 is 5.97 Å². The third-order valence-corrected chi connectivity index (χ3v) is 2.05. The fraction of sp³-hybridized carbons (Fsp3) is 0.455. The van der Waals surface area contributed by atoms with Crippen molar-refractivity contribution in [3.63, 3.8) is 0 Å². The molecule has 0 aliphatic heterocycles. The van der Waals surface area contributed by atoms with E-state index in [-0.39, 0.29) is 17.3 Å². The summed E-state index contributed by atoms with van der Waals surface area (Å²) in [7, 11) is 0. The molecule has 0 aliphatic carbocycles. The second-order valence-electron chi connectivity index (χ2n) is 3.49. The van der Waals surface area contributed by atoms with Crippen LogP contribution in [0.15, 0.2) is 24.3 Å². The van der Waals surface area contributed by atoms with Crippen LogP contribution in [0, 0.1) is 5.92 Å². The van der Waals surface area contributed by atoms with Crippen LogP contribution in [-0.2, 0) is 9.59 Å². The topological polar surface area (TPSA) is 54.4 Å². The van der Waals surface area contributed by atoms with Crippen molar-refractivity contribution >= 4 is 11.8 Å². The number of carbonyl (C=O) groups is 2. The highest BCUT2D eigenvalue weighted by atomic mass is 16.4. The van der Waals surface area contributed by atoms with E-state index in [4.69, 9.17) is 5.11 Å². The van der Waals surface area contributed by atoms with Gasteiger partial charge in [-0.1, -0.05) is 20.1 Å². The second kappa shape index (κ2) is 5.37. The molecule has 0 heterocycles. The number of Topliss-reactive ketones (excluding diaryl/α,β-unsaturated/α-hetero) is 1. The fourth-order valence-corrected chi connectivity index (χ4v) is 1.05. The number of hydrogen-bond acceptors (Lipinski definition) is 2. The van der Waals surface area contributed by atoms with Crippen molar-refractivity contribution in [3.8, 4) is 0 Å². The van der Waals surface area contributed by atoms with Crippen LogP contribution in [0.1, 0.15) is 26.7 Å². The van der Waals surface area contributed by atoms with Crippen LogP contribution in [0.2, 0.25) is 0 Å². The van der Waals surface area contributed by atoms with Gasteiger partial charge in [-0.3, -0.25) is 4.79 Å². The number of rotatable bonds is 6. The van der Waals surface area contributed by atoms with Crippen LogP contribution in [0.5, 0.6) is 0 Å². The maximum atomic E-state index is 11.3. The fourth-order valence-electron chi connectivity index (χ4n) is 1.05. The molecule has 0 saturated heterocycles. The molecule has 0 saturated carbocycles. The Kier molecular flexibility index (Phi) is 4.84. The summed E-state index contributed by atoms with van der Waals surface area (Å²) < 4.78 is 0. The van der Waals surface area contributed by atoms with Gasteiger partial charge in [0.2, 0.25) is 0 Å². The van der Waals surface area contributed by atoms with Crippen molar-refractivity contribution in [2.24, 2.45) is 5.92 Å². The van der Waals surface area contributed by atoms with Crippen LogP contribution in [-0.4, -0.2) is 16.9 Å². The number of aliphatic carboxylic acids is 1. The molecule has 0 aliphatic rings. The van der Waals surface area contributed by atoms with Gasteiger partial charge in [0.05, 0.1) is 0 Å². The van der Waals surface area contributed by atoms with Crippen LogP contribution < -0.4 is 0 Å². The van der Waals surface area contributed by atoms with Crippen molar-refractivity contribution in [1.29, 1.82) is 0 Å². The summed E-state index contributed by atoms with van der Waals surface area (Å²) in [6, 6.07) is 0. The molecule has 0 bridgehead atoms. The van der Waals surface area contributed by atoms with E-state index in [9.17, 15) is 9.59 Å². The minimum absolute atomic E-state index is 0.0109. The van der Waals surface area contributed by atoms with Crippen molar-refractivity contribution < 1.29 is 14.7 Å². The number of hydrogen-bond donors (Lipinski definition) is 1. The quantitative estimate of drug-likeness (QED) is 0.662. The van der Waals surface area contributed by atoms with Crippen molar-refractivity contribution in [1.82, 2.24) is 0 Å². The summed E-state index contributed by atoms with van der Waals surface area (Å²) in [4.78, 5) is 21.8. The Labute approximate surface area is 84.1 Å². The molecule has 0 fully saturated rings. The summed E-state index contributed by atoms with van der Waals surface area (Å²) >= 11 is 0. The van der Waals surface area contributed by atoms with Gasteiger partial charge in [0, 0.05) is 11.5 Å². The molecular formula is C11H16O3. The zero-order chi connectivity index (χ0) is 11.3. The molecule has 0 amide bonds. The smallest absolute Gasteiger partial charge is 0.330 e. The molecular weight excluding hydrogens is 180 g/mol. The molecule has 0 rings (SSSR count). The number of ketones is 1. The predicted molar refractivity (Wildman–Crippen MR) is 55.0 cm³/mol. The Balaban J connectivity index is 4.03. The zero-order valence-electron chi connectivity index (χ0n) is 8.67. The lowest BCUT2D eigenvalue weighted by Crippen LogP contribution is -2.12. The number of allylic oxidation sites excluding steroid dienone is 1. The Bertz CT molecular complexity index is 276. The first-order chi connectivity index (χ1) is 6.36. The van der Waals surface area contributed by atoms with Crippen LogP contribution in [0.4, 0.5) is 0 Å². The van der Waals surface area contributed by atoms with E-state index in [0.717, 1.165) is 0 Å². The highest BCUT2D eigenvalue weighted by molar-refractivity contribution is 5.95. The predicted octanol–water partition coefficient (Wildman–Crippen LogP) is 2.19. The SMILES string of the molecule is C=C(C)C(=O)C(C)CCC(=C)C(=O)O. The first kappa shape index (κ1) is 12.6. The van der Waals surface area contributed by atoms with Crippen molar-refractivity contribution in [2.45, 2.75) is 26.7 Å². The maximum Gasteiger partial charge on any atom is 0.330 e. The van der Waals surface area contributed by atoms with Gasteiger partial charge in [-0.25, -0.2) is 4.79 Å². The summed E-state index contributed by atoms with van der Waals surface area (Å²) in [6.07, 6.45) is 0.854. The lowest BCUT2D eigenvalue weighted by atomic mass is 9.94. The molecule has 0 spiro atoms. The summed E-state index contributed by atoms with van der Waals surface area (Å²) in [5.74, 6) is -1.19. The molecule has 14 heavy (non-hydrogen) atoms. The van der Waals surface area contributed by atoms with E-state index in [2.05, 4.69) is 13.2 Å². The normalized spacial score (nSPS) is 11.9. The van der Waals surface area contributed by atoms with Gasteiger partial charge in [-0.15, -0.1) is 0 Å². The monoisotopic (exact) mass is 196 g/mol. The van der Waals surface area contributed by atoms with E-state index in [1.54, 1.807) is 13.8 Å². The average molecular weight is 196 g/mol. The first-order valence-corrected chi connectivity index (χ1v) is 4.47. The minimum atomic E-state index is -1.00. The van der Waals surface area contributed by atoms with Crippen molar-refractivity contribution in [2.75, 3.05) is 0 Å². The number of carbonyl (C=O) groups excluding carboxylic acids is 1. The van der Waals surface area contributed by atoms with E-state index < -0.39 is 5.97 Å². The molecule has 1 N–H and O–H groups in total. The molecule has 3 heteroatoms. The molecule has 78 valence electrons. The second-order valence-corrected chi connectivity index (χ2v) is 3.49. The Morgan fingerprint density at radius 2 is 1.86 bits per heavy atom. The van der Waals surface area contributed by atoms with Gasteiger partial charge in [-0.05, 0) is 25.3 Å². The highest BCUT2D eigenvalue weighted by Crippen LogP contribution is 2.14. The molecule has 1 unspecified atom stereocenters. The minimum Gasteiger partial charge on any atom is -0.478 e. The molecule has 1 atom stereocenters. The Hall–Kier alpha value is -1.38. The zero-order valence-corrected chi connectivity index (χ0v) is 8.67. The van der Waals surface area contributed by atoms with Gasteiger partial charge in [-0.2, -0.15) is 0 Å². The third-order valence-electron chi connectivity index (χ3n) is 2.05. The number of carboxylic acid groups (broad SMARTS) is 1. The molecule has 0 aromatic rings. The Morgan fingerprint density at radius 1 is 1.36 bits per heavy atom. The molecule has 3 nitrogen and oxygen atoms in total. The number of carboxylic acids is 1. The average Bonchev–Trinajstić information content (AvgIpc) is 2.11. The standard InChI is InChI=1S/C11H16O3/c1-7(2)10(12)8(3)5-6-9(4)11(13)14/h8H,1,4-6H2,2-3H3,(H,13,14). The van der Waals surface area contributed by atoms with Gasteiger partial charge in [0.15, 0.2) is 5.78 Å². The lowest BCUT2D eigenvalue weighted by Gasteiger charge is -2.09. The van der Waals surface area contributed by atoms with Gasteiger partial charge < -0.3 is 5.11 Å². The van der Waals surface area contributed by atoms with Crippen molar-refractivity contribution in [3.05, 3.63) is 24.3 Å². The molecule has 0 radical (unpaired) electrons. The molecule has 0 aromatic heterocycles. The van der Waals surface area contributed by atoms with E-state index >= 15 is 0 Å². The van der Waals surface area contributed by atoms with Gasteiger partial charge in [0.25, 0.3) is 0 Å². The van der Waals surface area contributed by atoms with E-state index in [1.165, 1.54) is 0 Å². The van der Waals surface area contributed by atoms with E-state index in [0.29, 0.717) is 18.4 Å². The Morgan fingerprint density at radius 3 is 2.21 bits per heavy atom. The van der Waals surface area contributed by atoms with Crippen LogP contribution >= 0.6 is 0 Å². The summed E-state index contributed by atoms with van der Waals surface area (Å²) in [6.45, 7) is 10.4. The van der Waals surface area contributed by atoms with Crippen LogP contribution in [0.25, 0.3) is 0 Å². The highest BCUT2D eigenvalue weighted by Gasteiger charge is 2.14.